The number of anilines is 4. The molecule has 0 amide bonds. The molecule has 2 aliphatic heterocycles. The van der Waals surface area contributed by atoms with E-state index < -0.39 is 5.66 Å². The van der Waals surface area contributed by atoms with E-state index in [9.17, 15) is 0 Å². The quantitative estimate of drug-likeness (QED) is 0.245. The van der Waals surface area contributed by atoms with Crippen molar-refractivity contribution in [2.45, 2.75) is 54.1 Å². The fourth-order valence-electron chi connectivity index (χ4n) is 7.33. The van der Waals surface area contributed by atoms with Crippen LogP contribution in [0.4, 0.5) is 22.7 Å². The third-order valence-corrected chi connectivity index (χ3v) is 8.98. The summed E-state index contributed by atoms with van der Waals surface area (Å²) in [6.45, 7) is 17.3. The van der Waals surface area contributed by atoms with Crippen LogP contribution in [0.1, 0.15) is 44.5 Å². The standard InChI is InChI=1S/C35H37N3S/c1-22-18-25(4)32(26(5)19-22)36-16-17-37(33-27(6)20-23(2)21-28(33)7)35(36)29-13-9-11-15-31(29)38(34(35)39)30-14-10-8-12-24(30)3/h8-15,18-21H,16-17H2,1-7H3. The van der Waals surface area contributed by atoms with E-state index in [1.54, 1.807) is 0 Å². The first-order chi connectivity index (χ1) is 18.7. The Morgan fingerprint density at radius 3 is 1.49 bits per heavy atom. The highest BCUT2D eigenvalue weighted by atomic mass is 32.1. The molecule has 0 N–H and O–H groups in total. The van der Waals surface area contributed by atoms with Crippen LogP contribution in [0.15, 0.2) is 72.8 Å². The highest BCUT2D eigenvalue weighted by Crippen LogP contribution is 2.56. The molecule has 2 aliphatic rings. The van der Waals surface area contributed by atoms with Crippen LogP contribution in [-0.2, 0) is 5.66 Å². The first kappa shape index (κ1) is 25.6. The maximum atomic E-state index is 6.68. The monoisotopic (exact) mass is 531 g/mol. The topological polar surface area (TPSA) is 9.72 Å². The molecule has 0 radical (unpaired) electrons. The summed E-state index contributed by atoms with van der Waals surface area (Å²) in [6.07, 6.45) is 0. The number of hydrogen-bond acceptors (Lipinski definition) is 3. The van der Waals surface area contributed by atoms with Gasteiger partial charge >= 0.3 is 0 Å². The summed E-state index contributed by atoms with van der Waals surface area (Å²) in [5.41, 5.74) is 14.5. The molecule has 3 nitrogen and oxygen atoms in total. The van der Waals surface area contributed by atoms with Gasteiger partial charge in [0, 0.05) is 35.7 Å². The molecule has 0 aromatic heterocycles. The molecular formula is C35H37N3S. The van der Waals surface area contributed by atoms with Crippen molar-refractivity contribution in [1.29, 1.82) is 0 Å². The lowest BCUT2D eigenvalue weighted by Crippen LogP contribution is -2.57. The van der Waals surface area contributed by atoms with Crippen molar-refractivity contribution < 1.29 is 0 Å². The fourth-order valence-corrected chi connectivity index (χ4v) is 7.86. The number of fused-ring (bicyclic) bond motifs is 2. The van der Waals surface area contributed by atoms with Crippen LogP contribution >= 0.6 is 12.2 Å². The van der Waals surface area contributed by atoms with Crippen LogP contribution in [0, 0.1) is 48.5 Å². The number of benzene rings is 4. The minimum Gasteiger partial charge on any atom is -0.337 e. The summed E-state index contributed by atoms with van der Waals surface area (Å²) in [6, 6.07) is 26.7. The van der Waals surface area contributed by atoms with Gasteiger partial charge in [0.2, 0.25) is 0 Å². The maximum absolute atomic E-state index is 6.68. The Morgan fingerprint density at radius 1 is 0.564 bits per heavy atom. The first-order valence-corrected chi connectivity index (χ1v) is 14.3. The number of aryl methyl sites for hydroxylation is 7. The van der Waals surface area contributed by atoms with Gasteiger partial charge in [0.25, 0.3) is 0 Å². The SMILES string of the molecule is Cc1cc(C)c(N2CCN(c3c(C)cc(C)cc3C)C23C(=S)N(c2ccccc2C)c2ccccc23)c(C)c1. The van der Waals surface area contributed by atoms with Crippen molar-refractivity contribution >= 4 is 40.0 Å². The van der Waals surface area contributed by atoms with Crippen molar-refractivity contribution in [2.75, 3.05) is 27.8 Å². The molecule has 0 unspecified atom stereocenters. The zero-order valence-corrected chi connectivity index (χ0v) is 24.9. The van der Waals surface area contributed by atoms with Gasteiger partial charge in [0.15, 0.2) is 5.66 Å². The minimum absolute atomic E-state index is 0.635. The average molecular weight is 532 g/mol. The van der Waals surface area contributed by atoms with Crippen molar-refractivity contribution in [3.05, 3.63) is 117 Å². The number of rotatable bonds is 3. The molecule has 198 valence electrons. The van der Waals surface area contributed by atoms with Gasteiger partial charge in [-0.05, 0) is 88.4 Å². The Labute approximate surface area is 238 Å². The van der Waals surface area contributed by atoms with Gasteiger partial charge in [-0.15, -0.1) is 0 Å². The smallest absolute Gasteiger partial charge is 0.194 e. The zero-order chi connectivity index (χ0) is 27.6. The van der Waals surface area contributed by atoms with Gasteiger partial charge < -0.3 is 14.7 Å². The van der Waals surface area contributed by atoms with E-state index in [4.69, 9.17) is 12.2 Å². The molecule has 0 atom stereocenters. The van der Waals surface area contributed by atoms with Crippen LogP contribution in [0.5, 0.6) is 0 Å². The molecule has 4 aromatic carbocycles. The molecule has 1 saturated heterocycles. The second kappa shape index (κ2) is 9.24. The van der Waals surface area contributed by atoms with E-state index in [0.717, 1.165) is 23.8 Å². The van der Waals surface area contributed by atoms with Crippen molar-refractivity contribution in [1.82, 2.24) is 0 Å². The largest absolute Gasteiger partial charge is 0.337 e. The van der Waals surface area contributed by atoms with E-state index in [1.165, 1.54) is 61.6 Å². The van der Waals surface area contributed by atoms with Crippen molar-refractivity contribution in [3.8, 4) is 0 Å². The van der Waals surface area contributed by atoms with Gasteiger partial charge in [-0.3, -0.25) is 0 Å². The number of hydrogen-bond donors (Lipinski definition) is 0. The summed E-state index contributed by atoms with van der Waals surface area (Å²) in [5, 5.41) is 0. The predicted molar refractivity (Wildman–Crippen MR) is 170 cm³/mol. The first-order valence-electron chi connectivity index (χ1n) is 13.9. The molecule has 6 rings (SSSR count). The maximum Gasteiger partial charge on any atom is 0.194 e. The second-order valence-electron chi connectivity index (χ2n) is 11.4. The number of thiocarbonyl (C=S) groups is 1. The van der Waals surface area contributed by atoms with Crippen molar-refractivity contribution in [3.63, 3.8) is 0 Å². The second-order valence-corrected chi connectivity index (χ2v) is 11.8. The fraction of sp³-hybridized carbons (Fsp3) is 0.286. The molecule has 1 fully saturated rings. The van der Waals surface area contributed by atoms with Crippen LogP contribution in [0.3, 0.4) is 0 Å². The number of nitrogens with zero attached hydrogens (tertiary/aromatic N) is 3. The lowest BCUT2D eigenvalue weighted by Gasteiger charge is -2.45. The van der Waals surface area contributed by atoms with E-state index in [-0.39, 0.29) is 0 Å². The molecule has 1 spiro atoms. The lowest BCUT2D eigenvalue weighted by atomic mass is 9.93. The summed E-state index contributed by atoms with van der Waals surface area (Å²) in [7, 11) is 0. The van der Waals surface area contributed by atoms with Gasteiger partial charge in [-0.1, -0.05) is 84.0 Å². The third-order valence-electron chi connectivity index (χ3n) is 8.52. The number of para-hydroxylation sites is 2. The Morgan fingerprint density at radius 2 is 1.00 bits per heavy atom. The van der Waals surface area contributed by atoms with E-state index >= 15 is 0 Å². The molecule has 4 aromatic rings. The summed E-state index contributed by atoms with van der Waals surface area (Å²) >= 11 is 6.68. The van der Waals surface area contributed by atoms with Gasteiger partial charge in [-0.25, -0.2) is 0 Å². The molecule has 39 heavy (non-hydrogen) atoms. The lowest BCUT2D eigenvalue weighted by molar-refractivity contribution is 0.614. The van der Waals surface area contributed by atoms with E-state index in [0.29, 0.717) is 0 Å². The Bertz CT molecular complexity index is 1520. The van der Waals surface area contributed by atoms with E-state index in [1.807, 2.05) is 0 Å². The minimum atomic E-state index is -0.635. The Hall–Kier alpha value is -3.63. The van der Waals surface area contributed by atoms with Crippen LogP contribution in [-0.4, -0.2) is 18.1 Å². The summed E-state index contributed by atoms with van der Waals surface area (Å²) in [5.74, 6) is 0. The van der Waals surface area contributed by atoms with Crippen LogP contribution in [0.25, 0.3) is 0 Å². The normalized spacial score (nSPS) is 16.0. The van der Waals surface area contributed by atoms with E-state index in [2.05, 4.69) is 136 Å². The zero-order valence-electron chi connectivity index (χ0n) is 24.1. The average Bonchev–Trinajstić information content (AvgIpc) is 3.36. The highest BCUT2D eigenvalue weighted by molar-refractivity contribution is 7.81. The molecule has 0 saturated carbocycles. The molecule has 0 bridgehead atoms. The van der Waals surface area contributed by atoms with Crippen molar-refractivity contribution in [2.24, 2.45) is 0 Å². The van der Waals surface area contributed by atoms with Gasteiger partial charge in [0.05, 0.1) is 5.69 Å². The molecule has 2 heterocycles. The van der Waals surface area contributed by atoms with Crippen LogP contribution in [0.2, 0.25) is 0 Å². The predicted octanol–water partition coefficient (Wildman–Crippen LogP) is 8.50. The Kier molecular flexibility index (Phi) is 6.07. The molecule has 4 heteroatoms. The summed E-state index contributed by atoms with van der Waals surface area (Å²) in [4.78, 5) is 8.46. The highest BCUT2D eigenvalue weighted by Gasteiger charge is 2.60. The Balaban J connectivity index is 1.70. The third kappa shape index (κ3) is 3.65. The molecular weight excluding hydrogens is 494 g/mol. The molecule has 0 aliphatic carbocycles. The van der Waals surface area contributed by atoms with Gasteiger partial charge in [-0.2, -0.15) is 0 Å². The van der Waals surface area contributed by atoms with Crippen LogP contribution < -0.4 is 14.7 Å². The van der Waals surface area contributed by atoms with Gasteiger partial charge in [0.1, 0.15) is 4.99 Å². The summed E-state index contributed by atoms with van der Waals surface area (Å²) < 4.78 is 0.